The molecule has 0 unspecified atom stereocenters. The van der Waals surface area contributed by atoms with Crippen LogP contribution < -0.4 is 5.32 Å². The van der Waals surface area contributed by atoms with Crippen LogP contribution in [0.4, 0.5) is 5.69 Å². The van der Waals surface area contributed by atoms with Gasteiger partial charge in [0.05, 0.1) is 10.7 Å². The Hall–Kier alpha value is -2.04. The molecule has 3 nitrogen and oxygen atoms in total. The zero-order chi connectivity index (χ0) is 18.0. The molecule has 0 bridgehead atoms. The zero-order valence-electron chi connectivity index (χ0n) is 14.6. The minimum Gasteiger partial charge on any atom is -0.361 e. The summed E-state index contributed by atoms with van der Waals surface area (Å²) in [6, 6.07) is 14.5. The third-order valence-corrected chi connectivity index (χ3v) is 4.92. The van der Waals surface area contributed by atoms with Crippen molar-refractivity contribution in [3.8, 4) is 0 Å². The Morgan fingerprint density at radius 3 is 2.72 bits per heavy atom. The van der Waals surface area contributed by atoms with Gasteiger partial charge < -0.3 is 15.2 Å². The molecule has 3 rings (SSSR count). The normalized spacial score (nSPS) is 11.1. The van der Waals surface area contributed by atoms with Gasteiger partial charge in [0.25, 0.3) is 0 Å². The topological polar surface area (TPSA) is 31.1 Å². The number of halogens is 1. The summed E-state index contributed by atoms with van der Waals surface area (Å²) in [6.07, 6.45) is 2.06. The van der Waals surface area contributed by atoms with Crippen molar-refractivity contribution in [3.63, 3.8) is 0 Å². The number of hydrogen-bond donors (Lipinski definition) is 2. The fraction of sp³-hybridized carbons (Fsp3) is 0.250. The molecule has 1 aromatic heterocycles. The Balaban J connectivity index is 1.82. The second-order valence-electron chi connectivity index (χ2n) is 6.49. The predicted molar refractivity (Wildman–Crippen MR) is 111 cm³/mol. The number of aromatic nitrogens is 1. The highest BCUT2D eigenvalue weighted by Crippen LogP contribution is 2.25. The number of anilines is 1. The van der Waals surface area contributed by atoms with E-state index in [-0.39, 0.29) is 6.04 Å². The van der Waals surface area contributed by atoms with Gasteiger partial charge in [0, 0.05) is 29.7 Å². The minimum atomic E-state index is 0.262. The molecule has 1 heterocycles. The van der Waals surface area contributed by atoms with Crippen molar-refractivity contribution >= 4 is 45.5 Å². The average Bonchev–Trinajstić information content (AvgIpc) is 2.98. The lowest BCUT2D eigenvalue weighted by atomic mass is 10.1. The van der Waals surface area contributed by atoms with Crippen LogP contribution in [0.5, 0.6) is 0 Å². The van der Waals surface area contributed by atoms with Crippen molar-refractivity contribution in [1.29, 1.82) is 0 Å². The van der Waals surface area contributed by atoms with Gasteiger partial charge in [-0.15, -0.1) is 0 Å². The Morgan fingerprint density at radius 1 is 1.24 bits per heavy atom. The monoisotopic (exact) mass is 371 g/mol. The van der Waals surface area contributed by atoms with E-state index >= 15 is 0 Å². The molecule has 0 saturated heterocycles. The smallest absolute Gasteiger partial charge is 0.173 e. The maximum Gasteiger partial charge on any atom is 0.173 e. The second-order valence-corrected chi connectivity index (χ2v) is 7.29. The summed E-state index contributed by atoms with van der Waals surface area (Å²) >= 11 is 12.0. The Labute approximate surface area is 159 Å². The second kappa shape index (κ2) is 7.46. The van der Waals surface area contributed by atoms with E-state index in [1.807, 2.05) is 31.2 Å². The Kier molecular flexibility index (Phi) is 5.30. The summed E-state index contributed by atoms with van der Waals surface area (Å²) in [5, 5.41) is 5.87. The van der Waals surface area contributed by atoms with Gasteiger partial charge in [0.1, 0.15) is 0 Å². The summed E-state index contributed by atoms with van der Waals surface area (Å²) in [7, 11) is 0. The summed E-state index contributed by atoms with van der Waals surface area (Å²) in [5.74, 6) is 0. The highest BCUT2D eigenvalue weighted by atomic mass is 35.5. The average molecular weight is 372 g/mol. The number of thiocarbonyl (C=S) groups is 1. The molecule has 0 spiro atoms. The van der Waals surface area contributed by atoms with Gasteiger partial charge in [-0.25, -0.2) is 0 Å². The van der Waals surface area contributed by atoms with E-state index in [1.165, 1.54) is 10.9 Å². The van der Waals surface area contributed by atoms with E-state index in [0.29, 0.717) is 10.1 Å². The maximum atomic E-state index is 6.33. The first-order valence-corrected chi connectivity index (χ1v) is 9.13. The van der Waals surface area contributed by atoms with Gasteiger partial charge in [-0.05, 0) is 62.3 Å². The highest BCUT2D eigenvalue weighted by molar-refractivity contribution is 7.80. The van der Waals surface area contributed by atoms with Gasteiger partial charge in [-0.3, -0.25) is 0 Å². The van der Waals surface area contributed by atoms with Crippen molar-refractivity contribution in [1.82, 2.24) is 9.88 Å². The summed E-state index contributed by atoms with van der Waals surface area (Å²) < 4.78 is 0. The van der Waals surface area contributed by atoms with Crippen LogP contribution in [0.25, 0.3) is 10.9 Å². The van der Waals surface area contributed by atoms with Crippen LogP contribution in [-0.4, -0.2) is 21.0 Å². The first kappa shape index (κ1) is 17.8. The lowest BCUT2D eigenvalue weighted by Crippen LogP contribution is -2.39. The number of aromatic amines is 1. The van der Waals surface area contributed by atoms with E-state index in [9.17, 15) is 0 Å². The number of H-pyrrole nitrogens is 1. The molecule has 0 aliphatic heterocycles. The SMILES string of the molecule is Cc1ccc(NC(=S)N(Cc2c[nH]c3ccccc23)C(C)C)c(Cl)c1. The number of rotatable bonds is 4. The van der Waals surface area contributed by atoms with Crippen LogP contribution in [0.2, 0.25) is 5.02 Å². The number of hydrogen-bond acceptors (Lipinski definition) is 1. The molecule has 0 fully saturated rings. The van der Waals surface area contributed by atoms with Gasteiger partial charge in [-0.2, -0.15) is 0 Å². The zero-order valence-corrected chi connectivity index (χ0v) is 16.2. The van der Waals surface area contributed by atoms with Crippen molar-refractivity contribution in [3.05, 3.63) is 64.8 Å². The third-order valence-electron chi connectivity index (χ3n) is 4.27. The molecule has 0 aliphatic rings. The molecule has 0 saturated carbocycles. The predicted octanol–water partition coefficient (Wildman–Crippen LogP) is 5.74. The first-order chi connectivity index (χ1) is 12.0. The lowest BCUT2D eigenvalue weighted by Gasteiger charge is -2.30. The molecule has 2 aromatic carbocycles. The van der Waals surface area contributed by atoms with E-state index in [2.05, 4.69) is 53.4 Å². The van der Waals surface area contributed by atoms with Crippen LogP contribution in [0.1, 0.15) is 25.0 Å². The summed E-state index contributed by atoms with van der Waals surface area (Å²) in [4.78, 5) is 5.49. The minimum absolute atomic E-state index is 0.262. The molecule has 5 heteroatoms. The molecule has 0 amide bonds. The van der Waals surface area contributed by atoms with Crippen LogP contribution in [0, 0.1) is 6.92 Å². The molecule has 130 valence electrons. The molecular formula is C20H22ClN3S. The quantitative estimate of drug-likeness (QED) is 0.573. The van der Waals surface area contributed by atoms with Crippen LogP contribution in [0.15, 0.2) is 48.7 Å². The van der Waals surface area contributed by atoms with E-state index in [0.717, 1.165) is 23.3 Å². The first-order valence-electron chi connectivity index (χ1n) is 8.34. The van der Waals surface area contributed by atoms with Crippen molar-refractivity contribution in [2.24, 2.45) is 0 Å². The third kappa shape index (κ3) is 3.97. The molecule has 3 aromatic rings. The van der Waals surface area contributed by atoms with Crippen molar-refractivity contribution < 1.29 is 0 Å². The van der Waals surface area contributed by atoms with Gasteiger partial charge >= 0.3 is 0 Å². The Morgan fingerprint density at radius 2 is 2.00 bits per heavy atom. The number of nitrogens with one attached hydrogen (secondary N) is 2. The molecule has 25 heavy (non-hydrogen) atoms. The molecular weight excluding hydrogens is 350 g/mol. The molecule has 0 atom stereocenters. The van der Waals surface area contributed by atoms with E-state index in [4.69, 9.17) is 23.8 Å². The van der Waals surface area contributed by atoms with Gasteiger partial charge in [0.15, 0.2) is 5.11 Å². The number of fused-ring (bicyclic) bond motifs is 1. The van der Waals surface area contributed by atoms with Crippen molar-refractivity contribution in [2.45, 2.75) is 33.4 Å². The summed E-state index contributed by atoms with van der Waals surface area (Å²) in [6.45, 7) is 7.03. The van der Waals surface area contributed by atoms with Gasteiger partial charge in [0.2, 0.25) is 0 Å². The summed E-state index contributed by atoms with van der Waals surface area (Å²) in [5.41, 5.74) is 4.33. The number of nitrogens with zero attached hydrogens (tertiary/aromatic N) is 1. The Bertz CT molecular complexity index is 901. The maximum absolute atomic E-state index is 6.33. The molecule has 0 radical (unpaired) electrons. The standard InChI is InChI=1S/C20H22ClN3S/c1-13(2)24(12-15-11-22-18-7-5-4-6-16(15)18)20(25)23-19-9-8-14(3)10-17(19)21/h4-11,13,22H,12H2,1-3H3,(H,23,25). The largest absolute Gasteiger partial charge is 0.361 e. The van der Waals surface area contributed by atoms with Crippen molar-refractivity contribution in [2.75, 3.05) is 5.32 Å². The van der Waals surface area contributed by atoms with Gasteiger partial charge in [-0.1, -0.05) is 35.9 Å². The number of benzene rings is 2. The number of aryl methyl sites for hydroxylation is 1. The lowest BCUT2D eigenvalue weighted by molar-refractivity contribution is 0.349. The fourth-order valence-electron chi connectivity index (χ4n) is 2.84. The highest BCUT2D eigenvalue weighted by Gasteiger charge is 2.17. The van der Waals surface area contributed by atoms with Crippen LogP contribution in [-0.2, 0) is 6.54 Å². The number of para-hydroxylation sites is 1. The van der Waals surface area contributed by atoms with E-state index in [1.54, 1.807) is 0 Å². The molecule has 0 aliphatic carbocycles. The van der Waals surface area contributed by atoms with E-state index < -0.39 is 0 Å². The van der Waals surface area contributed by atoms with Crippen LogP contribution >= 0.6 is 23.8 Å². The van der Waals surface area contributed by atoms with Crippen LogP contribution in [0.3, 0.4) is 0 Å². The fourth-order valence-corrected chi connectivity index (χ4v) is 3.51. The molecule has 2 N–H and O–H groups in total.